The Morgan fingerprint density at radius 1 is 1.44 bits per heavy atom. The van der Waals surface area contributed by atoms with Crippen LogP contribution in [0.3, 0.4) is 0 Å². The van der Waals surface area contributed by atoms with Crippen LogP contribution in [0.1, 0.15) is 0 Å². The molecule has 0 heterocycles. The van der Waals surface area contributed by atoms with Gasteiger partial charge in [0.15, 0.2) is 0 Å². The lowest BCUT2D eigenvalue weighted by Gasteiger charge is -2.17. The molecule has 0 fully saturated rings. The van der Waals surface area contributed by atoms with Crippen molar-refractivity contribution in [2.45, 2.75) is 10.9 Å². The highest BCUT2D eigenvalue weighted by Gasteiger charge is 2.12. The number of aliphatic hydroxyl groups excluding tert-OH is 1. The van der Waals surface area contributed by atoms with Gasteiger partial charge in [0.2, 0.25) is 10.0 Å². The van der Waals surface area contributed by atoms with Crippen molar-refractivity contribution in [2.75, 3.05) is 31.4 Å². The first-order valence-corrected chi connectivity index (χ1v) is 6.71. The maximum atomic E-state index is 11.2. The van der Waals surface area contributed by atoms with Crippen molar-refractivity contribution in [1.82, 2.24) is 0 Å². The van der Waals surface area contributed by atoms with E-state index in [9.17, 15) is 8.42 Å². The number of methoxy groups -OCH3 is 1. The van der Waals surface area contributed by atoms with Crippen LogP contribution < -0.4 is 16.2 Å². The third-order valence-corrected chi connectivity index (χ3v) is 3.11. The molecule has 1 aromatic carbocycles. The molecule has 0 bridgehead atoms. The minimum atomic E-state index is -3.82. The Hall–Kier alpha value is -1.35. The molecule has 1 unspecified atom stereocenters. The molecule has 0 aromatic heterocycles. The van der Waals surface area contributed by atoms with Gasteiger partial charge in [-0.15, -0.1) is 0 Å². The first-order valence-electron chi connectivity index (χ1n) is 5.16. The van der Waals surface area contributed by atoms with Crippen molar-refractivity contribution in [2.24, 2.45) is 5.14 Å². The van der Waals surface area contributed by atoms with Crippen LogP contribution in [0.4, 0.5) is 11.4 Å². The van der Waals surface area contributed by atoms with Crippen LogP contribution in [0.5, 0.6) is 0 Å². The highest BCUT2D eigenvalue weighted by atomic mass is 32.2. The number of sulfonamides is 1. The molecule has 8 heteroatoms. The van der Waals surface area contributed by atoms with Crippen molar-refractivity contribution < 1.29 is 18.3 Å². The first-order chi connectivity index (χ1) is 8.36. The Morgan fingerprint density at radius 3 is 2.61 bits per heavy atom. The second-order valence-corrected chi connectivity index (χ2v) is 5.38. The number of benzene rings is 1. The van der Waals surface area contributed by atoms with Gasteiger partial charge in [0, 0.05) is 18.5 Å². The highest BCUT2D eigenvalue weighted by molar-refractivity contribution is 7.89. The Morgan fingerprint density at radius 2 is 2.11 bits per heavy atom. The number of hydrogen-bond donors (Lipinski definition) is 4. The molecule has 0 saturated carbocycles. The predicted octanol–water partition coefficient (Wildman–Crippen LogP) is -0.665. The fourth-order valence-corrected chi connectivity index (χ4v) is 2.04. The molecule has 1 atom stereocenters. The second kappa shape index (κ2) is 6.01. The van der Waals surface area contributed by atoms with Gasteiger partial charge in [-0.05, 0) is 18.2 Å². The monoisotopic (exact) mass is 275 g/mol. The third kappa shape index (κ3) is 4.15. The van der Waals surface area contributed by atoms with Gasteiger partial charge in [-0.1, -0.05) is 0 Å². The zero-order valence-corrected chi connectivity index (χ0v) is 10.8. The summed E-state index contributed by atoms with van der Waals surface area (Å²) in [4.78, 5) is -0.0842. The van der Waals surface area contributed by atoms with E-state index in [1.54, 1.807) is 6.07 Å². The number of aliphatic hydroxyl groups is 1. The van der Waals surface area contributed by atoms with E-state index in [4.69, 9.17) is 20.7 Å². The van der Waals surface area contributed by atoms with Crippen LogP contribution in [-0.2, 0) is 14.8 Å². The predicted molar refractivity (Wildman–Crippen MR) is 68.6 cm³/mol. The van der Waals surface area contributed by atoms with E-state index in [0.717, 1.165) is 0 Å². The average molecular weight is 275 g/mol. The lowest BCUT2D eigenvalue weighted by Crippen LogP contribution is -2.28. The van der Waals surface area contributed by atoms with Crippen LogP contribution in [0.2, 0.25) is 0 Å². The number of hydrogen-bond acceptors (Lipinski definition) is 6. The summed E-state index contributed by atoms with van der Waals surface area (Å²) in [6.45, 7) is 0.114. The summed E-state index contributed by atoms with van der Waals surface area (Å²) in [5, 5.41) is 17.0. The Kier molecular flexibility index (Phi) is 4.91. The zero-order chi connectivity index (χ0) is 13.8. The first kappa shape index (κ1) is 14.7. The van der Waals surface area contributed by atoms with Crippen molar-refractivity contribution in [1.29, 1.82) is 0 Å². The smallest absolute Gasteiger partial charge is 0.238 e. The Balaban J connectivity index is 2.99. The van der Waals surface area contributed by atoms with Gasteiger partial charge < -0.3 is 20.9 Å². The molecule has 1 rings (SSSR count). The molecule has 6 N–H and O–H groups in total. The number of nitrogens with one attached hydrogen (secondary N) is 1. The van der Waals surface area contributed by atoms with Crippen molar-refractivity contribution >= 4 is 21.4 Å². The summed E-state index contributed by atoms with van der Waals surface area (Å²) in [5.41, 5.74) is 6.31. The fourth-order valence-electron chi connectivity index (χ4n) is 1.45. The lowest BCUT2D eigenvalue weighted by atomic mass is 10.2. The molecule has 0 aliphatic heterocycles. The van der Waals surface area contributed by atoms with Gasteiger partial charge in [-0.3, -0.25) is 0 Å². The van der Waals surface area contributed by atoms with Gasteiger partial charge in [-0.25, -0.2) is 13.6 Å². The number of nitrogen functional groups attached to an aromatic ring is 1. The van der Waals surface area contributed by atoms with Crippen LogP contribution in [-0.4, -0.2) is 39.9 Å². The van der Waals surface area contributed by atoms with Crippen LogP contribution in [0.15, 0.2) is 23.1 Å². The van der Waals surface area contributed by atoms with Crippen molar-refractivity contribution in [3.8, 4) is 0 Å². The molecule has 18 heavy (non-hydrogen) atoms. The van der Waals surface area contributed by atoms with Gasteiger partial charge in [0.1, 0.15) is 0 Å². The molecule has 0 amide bonds. The summed E-state index contributed by atoms with van der Waals surface area (Å²) >= 11 is 0. The molecule has 0 saturated heterocycles. The van der Waals surface area contributed by atoms with E-state index >= 15 is 0 Å². The summed E-state index contributed by atoms with van der Waals surface area (Å²) < 4.78 is 27.4. The largest absolute Gasteiger partial charge is 0.399 e. The number of primary sulfonamides is 1. The number of nitrogens with two attached hydrogens (primary N) is 2. The molecule has 0 radical (unpaired) electrons. The van der Waals surface area contributed by atoms with E-state index < -0.39 is 10.0 Å². The SMILES string of the molecule is COCC(CO)Nc1cc(N)cc(S(N)(=O)=O)c1. The van der Waals surface area contributed by atoms with Crippen molar-refractivity contribution in [3.05, 3.63) is 18.2 Å². The number of anilines is 2. The van der Waals surface area contributed by atoms with E-state index in [2.05, 4.69) is 5.32 Å². The third-order valence-electron chi connectivity index (χ3n) is 2.22. The summed E-state index contributed by atoms with van der Waals surface area (Å²) in [7, 11) is -2.32. The quantitative estimate of drug-likeness (QED) is 0.510. The average Bonchev–Trinajstić information content (AvgIpc) is 2.26. The molecule has 0 aliphatic carbocycles. The molecule has 7 nitrogen and oxygen atoms in total. The molecular formula is C10H17N3O4S. The molecule has 102 valence electrons. The standard InChI is InChI=1S/C10H17N3O4S/c1-17-6-9(5-14)13-8-2-7(11)3-10(4-8)18(12,15)16/h2-4,9,13-14H,5-6,11H2,1H3,(H2,12,15,16). The molecule has 0 aliphatic rings. The number of ether oxygens (including phenoxy) is 1. The van der Waals surface area contributed by atoms with E-state index in [1.807, 2.05) is 0 Å². The second-order valence-electron chi connectivity index (χ2n) is 3.81. The van der Waals surface area contributed by atoms with Gasteiger partial charge in [0.25, 0.3) is 0 Å². The normalized spacial score (nSPS) is 13.3. The highest BCUT2D eigenvalue weighted by Crippen LogP contribution is 2.20. The fraction of sp³-hybridized carbons (Fsp3) is 0.400. The van der Waals surface area contributed by atoms with E-state index in [1.165, 1.54) is 19.2 Å². The van der Waals surface area contributed by atoms with Gasteiger partial charge in [0.05, 0.1) is 24.2 Å². The topological polar surface area (TPSA) is 128 Å². The maximum Gasteiger partial charge on any atom is 0.238 e. The minimum absolute atomic E-state index is 0.0842. The Labute approximate surface area is 106 Å². The van der Waals surface area contributed by atoms with E-state index in [0.29, 0.717) is 5.69 Å². The zero-order valence-electron chi connectivity index (χ0n) is 9.96. The summed E-state index contributed by atoms with van der Waals surface area (Å²) in [6.07, 6.45) is 0. The summed E-state index contributed by atoms with van der Waals surface area (Å²) in [5.74, 6) is 0. The molecule has 0 spiro atoms. The maximum absolute atomic E-state index is 11.2. The van der Waals surface area contributed by atoms with E-state index in [-0.39, 0.29) is 29.8 Å². The summed E-state index contributed by atoms with van der Waals surface area (Å²) in [6, 6.07) is 3.81. The van der Waals surface area contributed by atoms with Gasteiger partial charge >= 0.3 is 0 Å². The Bertz CT molecular complexity index is 504. The molecule has 1 aromatic rings. The minimum Gasteiger partial charge on any atom is -0.399 e. The van der Waals surface area contributed by atoms with Crippen LogP contribution >= 0.6 is 0 Å². The van der Waals surface area contributed by atoms with Crippen LogP contribution in [0, 0.1) is 0 Å². The number of rotatable bonds is 6. The van der Waals surface area contributed by atoms with Crippen molar-refractivity contribution in [3.63, 3.8) is 0 Å². The lowest BCUT2D eigenvalue weighted by molar-refractivity contribution is 0.153. The van der Waals surface area contributed by atoms with Gasteiger partial charge in [-0.2, -0.15) is 0 Å². The van der Waals surface area contributed by atoms with Crippen LogP contribution in [0.25, 0.3) is 0 Å². The molecular weight excluding hydrogens is 258 g/mol.